The normalized spacial score (nSPS) is 11.9. The number of hydrogen-bond acceptors (Lipinski definition) is 5. The molecule has 0 saturated heterocycles. The van der Waals surface area contributed by atoms with Crippen molar-refractivity contribution in [3.63, 3.8) is 0 Å². The van der Waals surface area contributed by atoms with Crippen molar-refractivity contribution >= 4 is 35.9 Å². The molecule has 0 fully saturated rings. The second kappa shape index (κ2) is 19.4. The van der Waals surface area contributed by atoms with Crippen molar-refractivity contribution in [3.05, 3.63) is 0 Å². The molecule has 0 spiro atoms. The molecule has 0 bridgehead atoms. The molecule has 174 valence electrons. The van der Waals surface area contributed by atoms with E-state index in [2.05, 4.69) is 34.5 Å². The molecule has 0 saturated carbocycles. The molecule has 29 heavy (non-hydrogen) atoms. The Morgan fingerprint density at radius 2 is 1.72 bits per heavy atom. The van der Waals surface area contributed by atoms with Gasteiger partial charge in [0.1, 0.15) is 5.60 Å². The quantitative estimate of drug-likeness (QED) is 0.112. The van der Waals surface area contributed by atoms with E-state index < -0.39 is 0 Å². The number of likely N-dealkylation sites (N-methyl/N-ethyl adjacent to an activating group) is 1. The molecule has 0 aliphatic heterocycles. The van der Waals surface area contributed by atoms with Gasteiger partial charge in [0.2, 0.25) is 0 Å². The number of unbranched alkanes of at least 4 members (excludes halogenated alkanes) is 3. The highest BCUT2D eigenvalue weighted by atomic mass is 127. The highest BCUT2D eigenvalue weighted by Gasteiger charge is 2.15. The minimum absolute atomic E-state index is 0. The second-order valence-corrected chi connectivity index (χ2v) is 8.09. The lowest BCUT2D eigenvalue weighted by atomic mass is 10.1. The summed E-state index contributed by atoms with van der Waals surface area (Å²) in [6.07, 6.45) is 5.57. The number of aliphatic imine (C=N–C) groups is 1. The smallest absolute Gasteiger partial charge is 0.306 e. The van der Waals surface area contributed by atoms with Crippen molar-refractivity contribution in [1.29, 1.82) is 0 Å². The largest absolute Gasteiger partial charge is 0.460 e. The zero-order valence-corrected chi connectivity index (χ0v) is 21.8. The van der Waals surface area contributed by atoms with Gasteiger partial charge in [0.05, 0.1) is 0 Å². The zero-order valence-electron chi connectivity index (χ0n) is 19.5. The average molecular weight is 529 g/mol. The molecule has 0 rings (SSSR count). The second-order valence-electron chi connectivity index (χ2n) is 8.09. The summed E-state index contributed by atoms with van der Waals surface area (Å²) in [6, 6.07) is 0. The van der Waals surface area contributed by atoms with Gasteiger partial charge in [-0.2, -0.15) is 0 Å². The van der Waals surface area contributed by atoms with Gasteiger partial charge in [-0.05, 0) is 54.0 Å². The first-order valence-corrected chi connectivity index (χ1v) is 10.7. The Bertz CT molecular complexity index is 429. The van der Waals surface area contributed by atoms with Crippen LogP contribution in [0.5, 0.6) is 0 Å². The van der Waals surface area contributed by atoms with E-state index in [1.807, 2.05) is 20.8 Å². The van der Waals surface area contributed by atoms with Crippen molar-refractivity contribution < 1.29 is 14.3 Å². The van der Waals surface area contributed by atoms with Gasteiger partial charge in [-0.25, -0.2) is 0 Å². The minimum Gasteiger partial charge on any atom is -0.460 e. The van der Waals surface area contributed by atoms with E-state index in [9.17, 15) is 4.79 Å². The van der Waals surface area contributed by atoms with Crippen LogP contribution < -0.4 is 10.6 Å². The van der Waals surface area contributed by atoms with Crippen LogP contribution in [0.1, 0.15) is 66.2 Å². The Labute approximate surface area is 195 Å². The number of carbonyl (C=O) groups excluding carboxylic acids is 1. The molecule has 0 aromatic carbocycles. The number of rotatable bonds is 15. The number of nitrogens with zero attached hydrogens (tertiary/aromatic N) is 2. The zero-order chi connectivity index (χ0) is 21.3. The maximum atomic E-state index is 11.7. The predicted octanol–water partition coefficient (Wildman–Crippen LogP) is 3.42. The van der Waals surface area contributed by atoms with Crippen molar-refractivity contribution in [2.75, 3.05) is 53.5 Å². The van der Waals surface area contributed by atoms with Gasteiger partial charge in [-0.1, -0.05) is 12.8 Å². The number of halogens is 1. The van der Waals surface area contributed by atoms with Crippen LogP contribution in [0.15, 0.2) is 4.99 Å². The summed E-state index contributed by atoms with van der Waals surface area (Å²) in [6.45, 7) is 13.1. The van der Waals surface area contributed by atoms with Crippen molar-refractivity contribution in [3.8, 4) is 0 Å². The molecule has 7 nitrogen and oxygen atoms in total. The third-order valence-electron chi connectivity index (χ3n) is 4.00. The molecular formula is C21H45IN4O3. The summed E-state index contributed by atoms with van der Waals surface area (Å²) in [5.74, 6) is 0.776. The van der Waals surface area contributed by atoms with Crippen LogP contribution >= 0.6 is 24.0 Å². The number of ether oxygens (including phenoxy) is 2. The molecule has 0 radical (unpaired) electrons. The topological polar surface area (TPSA) is 75.2 Å². The molecule has 0 aliphatic rings. The van der Waals surface area contributed by atoms with E-state index in [0.717, 1.165) is 77.4 Å². The van der Waals surface area contributed by atoms with E-state index in [-0.39, 0.29) is 35.5 Å². The molecule has 0 amide bonds. The van der Waals surface area contributed by atoms with E-state index in [0.29, 0.717) is 6.42 Å². The van der Waals surface area contributed by atoms with Crippen molar-refractivity contribution in [2.24, 2.45) is 4.99 Å². The third-order valence-corrected chi connectivity index (χ3v) is 4.00. The maximum absolute atomic E-state index is 11.7. The van der Waals surface area contributed by atoms with Gasteiger partial charge in [0.15, 0.2) is 5.96 Å². The summed E-state index contributed by atoms with van der Waals surface area (Å²) >= 11 is 0. The van der Waals surface area contributed by atoms with Gasteiger partial charge >= 0.3 is 5.97 Å². The first-order valence-electron chi connectivity index (χ1n) is 10.7. The first-order chi connectivity index (χ1) is 13.3. The Morgan fingerprint density at radius 3 is 2.34 bits per heavy atom. The lowest BCUT2D eigenvalue weighted by molar-refractivity contribution is -0.154. The van der Waals surface area contributed by atoms with Crippen LogP contribution in [0.25, 0.3) is 0 Å². The molecular weight excluding hydrogens is 483 g/mol. The molecule has 0 aliphatic carbocycles. The summed E-state index contributed by atoms with van der Waals surface area (Å²) in [5, 5.41) is 6.67. The van der Waals surface area contributed by atoms with Crippen molar-refractivity contribution in [2.45, 2.75) is 71.8 Å². The highest BCUT2D eigenvalue weighted by molar-refractivity contribution is 14.0. The van der Waals surface area contributed by atoms with Crippen molar-refractivity contribution in [1.82, 2.24) is 15.5 Å². The summed E-state index contributed by atoms with van der Waals surface area (Å²) in [7, 11) is 3.86. The Balaban J connectivity index is 0. The first kappa shape index (κ1) is 30.6. The number of hydrogen-bond donors (Lipinski definition) is 2. The number of esters is 1. The van der Waals surface area contributed by atoms with Gasteiger partial charge < -0.3 is 25.0 Å². The van der Waals surface area contributed by atoms with Gasteiger partial charge in [0, 0.05) is 52.9 Å². The molecule has 0 aromatic rings. The molecule has 0 heterocycles. The minimum atomic E-state index is -0.389. The fourth-order valence-electron chi connectivity index (χ4n) is 2.62. The van der Waals surface area contributed by atoms with Crippen LogP contribution in [-0.4, -0.2) is 75.9 Å². The fraction of sp³-hybridized carbons (Fsp3) is 0.905. The lowest BCUT2D eigenvalue weighted by Crippen LogP contribution is -2.41. The number of methoxy groups -OCH3 is 1. The standard InChI is InChI=1S/C21H44N4O3.HI/c1-7-22-20(24-15-17-25(5)16-12-18-27-6)23-14-11-9-8-10-13-19(26)28-21(2,3)4;/h7-18H2,1-6H3,(H2,22,23,24);1H. The van der Waals surface area contributed by atoms with Gasteiger partial charge in [0.25, 0.3) is 0 Å². The Morgan fingerprint density at radius 1 is 1.03 bits per heavy atom. The number of nitrogens with one attached hydrogen (secondary N) is 2. The van der Waals surface area contributed by atoms with E-state index in [1.165, 1.54) is 0 Å². The summed E-state index contributed by atoms with van der Waals surface area (Å²) in [4.78, 5) is 18.6. The predicted molar refractivity (Wildman–Crippen MR) is 132 cm³/mol. The van der Waals surface area contributed by atoms with Crippen LogP contribution in [0.3, 0.4) is 0 Å². The highest BCUT2D eigenvalue weighted by Crippen LogP contribution is 2.11. The molecule has 0 atom stereocenters. The van der Waals surface area contributed by atoms with E-state index in [4.69, 9.17) is 9.47 Å². The monoisotopic (exact) mass is 528 g/mol. The fourth-order valence-corrected chi connectivity index (χ4v) is 2.62. The molecule has 0 aromatic heterocycles. The van der Waals surface area contributed by atoms with Crippen LogP contribution in [0.2, 0.25) is 0 Å². The lowest BCUT2D eigenvalue weighted by Gasteiger charge is -2.19. The van der Waals surface area contributed by atoms with Crippen LogP contribution in [0, 0.1) is 0 Å². The van der Waals surface area contributed by atoms with Gasteiger partial charge in [-0.3, -0.25) is 9.79 Å². The molecule has 0 unspecified atom stereocenters. The Hall–Kier alpha value is -0.610. The van der Waals surface area contributed by atoms with E-state index in [1.54, 1.807) is 7.11 Å². The van der Waals surface area contributed by atoms with Gasteiger partial charge in [-0.15, -0.1) is 24.0 Å². The number of guanidine groups is 1. The third kappa shape index (κ3) is 21.9. The average Bonchev–Trinajstić information content (AvgIpc) is 2.59. The Kier molecular flexibility index (Phi) is 20.4. The molecule has 8 heteroatoms. The summed E-state index contributed by atoms with van der Waals surface area (Å²) in [5.41, 5.74) is -0.389. The SMILES string of the molecule is CCNC(=NCCCCCCC(=O)OC(C)(C)C)NCCN(C)CCCOC.I. The molecule has 2 N–H and O–H groups in total. The van der Waals surface area contributed by atoms with E-state index >= 15 is 0 Å². The maximum Gasteiger partial charge on any atom is 0.306 e. The summed E-state index contributed by atoms with van der Waals surface area (Å²) < 4.78 is 10.4. The van der Waals surface area contributed by atoms with Crippen LogP contribution in [-0.2, 0) is 14.3 Å². The van der Waals surface area contributed by atoms with Crippen LogP contribution in [0.4, 0.5) is 0 Å². The number of carbonyl (C=O) groups is 1.